The molecule has 0 bridgehead atoms. The first-order valence-electron chi connectivity index (χ1n) is 4.96. The maximum absolute atomic E-state index is 11.4. The van der Waals surface area contributed by atoms with Gasteiger partial charge in [-0.3, -0.25) is 4.79 Å². The second kappa shape index (κ2) is 5.32. The van der Waals surface area contributed by atoms with Crippen molar-refractivity contribution in [3.05, 3.63) is 52.5 Å². The topological polar surface area (TPSA) is 44.9 Å². The number of hydrogen-bond acceptors (Lipinski definition) is 2. The molecule has 0 saturated heterocycles. The zero-order valence-electron chi connectivity index (χ0n) is 8.64. The van der Waals surface area contributed by atoms with E-state index in [9.17, 15) is 4.79 Å². The van der Waals surface area contributed by atoms with E-state index in [2.05, 4.69) is 10.3 Å². The molecule has 82 valence electrons. The van der Waals surface area contributed by atoms with Crippen LogP contribution in [0.5, 0.6) is 0 Å². The van der Waals surface area contributed by atoms with Gasteiger partial charge in [-0.2, -0.15) is 0 Å². The van der Waals surface area contributed by atoms with Gasteiger partial charge in [0.2, 0.25) is 5.91 Å². The third-order valence-corrected chi connectivity index (χ3v) is 2.91. The average molecular weight is 232 g/mol. The highest BCUT2D eigenvalue weighted by atomic mass is 32.1. The lowest BCUT2D eigenvalue weighted by atomic mass is 10.3. The molecule has 2 heterocycles. The third-order valence-electron chi connectivity index (χ3n) is 2.07. The number of aromatic amines is 1. The summed E-state index contributed by atoms with van der Waals surface area (Å²) in [6, 6.07) is 5.87. The van der Waals surface area contributed by atoms with Gasteiger partial charge in [-0.1, -0.05) is 6.07 Å². The lowest BCUT2D eigenvalue weighted by molar-refractivity contribution is -0.116. The largest absolute Gasteiger partial charge is 0.367 e. The summed E-state index contributed by atoms with van der Waals surface area (Å²) in [5.41, 5.74) is 1.07. The summed E-state index contributed by atoms with van der Waals surface area (Å²) in [4.78, 5) is 15.5. The number of H-pyrrole nitrogens is 1. The average Bonchev–Trinajstić information content (AvgIpc) is 2.96. The molecule has 0 unspecified atom stereocenters. The summed E-state index contributed by atoms with van der Waals surface area (Å²) in [7, 11) is 0. The summed E-state index contributed by atoms with van der Waals surface area (Å²) >= 11 is 1.61. The molecule has 0 aliphatic carbocycles. The maximum atomic E-state index is 11.4. The minimum atomic E-state index is -0.0744. The third kappa shape index (κ3) is 3.10. The van der Waals surface area contributed by atoms with Gasteiger partial charge in [0.25, 0.3) is 0 Å². The minimum Gasteiger partial charge on any atom is -0.367 e. The van der Waals surface area contributed by atoms with E-state index < -0.39 is 0 Å². The van der Waals surface area contributed by atoms with Crippen LogP contribution in [-0.2, 0) is 11.3 Å². The van der Waals surface area contributed by atoms with E-state index in [0.717, 1.165) is 10.4 Å². The molecule has 4 heteroatoms. The van der Waals surface area contributed by atoms with Crippen molar-refractivity contribution >= 4 is 23.3 Å². The van der Waals surface area contributed by atoms with Crippen molar-refractivity contribution in [1.82, 2.24) is 10.3 Å². The Labute approximate surface area is 97.8 Å². The number of aromatic nitrogens is 1. The molecule has 0 saturated carbocycles. The van der Waals surface area contributed by atoms with Crippen LogP contribution in [0.15, 0.2) is 42.0 Å². The Morgan fingerprint density at radius 1 is 1.50 bits per heavy atom. The van der Waals surface area contributed by atoms with Crippen molar-refractivity contribution in [3.63, 3.8) is 0 Å². The molecule has 0 spiro atoms. The van der Waals surface area contributed by atoms with Crippen molar-refractivity contribution in [2.24, 2.45) is 0 Å². The van der Waals surface area contributed by atoms with Crippen LogP contribution in [0.3, 0.4) is 0 Å². The normalized spacial score (nSPS) is 10.8. The van der Waals surface area contributed by atoms with Crippen LogP contribution in [0.1, 0.15) is 10.4 Å². The highest BCUT2D eigenvalue weighted by Gasteiger charge is 1.96. The Bertz CT molecular complexity index is 457. The number of thiophene rings is 1. The molecule has 0 atom stereocenters. The van der Waals surface area contributed by atoms with E-state index in [1.54, 1.807) is 17.4 Å². The standard InChI is InChI=1S/C12H12N2OS/c15-12(4-3-11-2-1-7-16-11)14-9-10-5-6-13-8-10/h1-8,13H,9H2,(H,14,15)/b4-3+. The zero-order chi connectivity index (χ0) is 11.2. The monoisotopic (exact) mass is 232 g/mol. The summed E-state index contributed by atoms with van der Waals surface area (Å²) in [6.07, 6.45) is 7.07. The van der Waals surface area contributed by atoms with Gasteiger partial charge >= 0.3 is 0 Å². The second-order valence-electron chi connectivity index (χ2n) is 3.29. The molecule has 2 N–H and O–H groups in total. The first-order chi connectivity index (χ1) is 7.84. The highest BCUT2D eigenvalue weighted by Crippen LogP contribution is 2.09. The molecule has 0 fully saturated rings. The van der Waals surface area contributed by atoms with Gasteiger partial charge in [-0.25, -0.2) is 0 Å². The SMILES string of the molecule is O=C(/C=C/c1cccs1)NCc1cc[nH]c1. The molecule has 0 aromatic carbocycles. The van der Waals surface area contributed by atoms with Crippen molar-refractivity contribution in [3.8, 4) is 0 Å². The lowest BCUT2D eigenvalue weighted by Crippen LogP contribution is -2.19. The quantitative estimate of drug-likeness (QED) is 0.781. The van der Waals surface area contributed by atoms with Crippen molar-refractivity contribution in [2.75, 3.05) is 0 Å². The fraction of sp³-hybridized carbons (Fsp3) is 0.0833. The molecule has 0 aliphatic heterocycles. The lowest BCUT2D eigenvalue weighted by Gasteiger charge is -1.98. The molecule has 0 radical (unpaired) electrons. The van der Waals surface area contributed by atoms with Gasteiger partial charge in [0, 0.05) is 29.9 Å². The molecule has 2 aromatic rings. The maximum Gasteiger partial charge on any atom is 0.244 e. The fourth-order valence-corrected chi connectivity index (χ4v) is 1.88. The molecule has 1 amide bonds. The summed E-state index contributed by atoms with van der Waals surface area (Å²) in [5.74, 6) is -0.0744. The van der Waals surface area contributed by atoms with E-state index in [1.165, 1.54) is 0 Å². The van der Waals surface area contributed by atoms with E-state index in [4.69, 9.17) is 0 Å². The fourth-order valence-electron chi connectivity index (χ4n) is 1.26. The van der Waals surface area contributed by atoms with Crippen LogP contribution in [0, 0.1) is 0 Å². The summed E-state index contributed by atoms with van der Waals surface area (Å²) < 4.78 is 0. The van der Waals surface area contributed by atoms with Crippen molar-refractivity contribution in [1.29, 1.82) is 0 Å². The van der Waals surface area contributed by atoms with Crippen LogP contribution in [-0.4, -0.2) is 10.9 Å². The number of hydrogen-bond donors (Lipinski definition) is 2. The molecule has 3 nitrogen and oxygen atoms in total. The van der Waals surface area contributed by atoms with Gasteiger partial charge in [0.05, 0.1) is 0 Å². The van der Waals surface area contributed by atoms with Crippen LogP contribution < -0.4 is 5.32 Å². The molecule has 2 aromatic heterocycles. The Balaban J connectivity index is 1.81. The van der Waals surface area contributed by atoms with Crippen LogP contribution in [0.4, 0.5) is 0 Å². The smallest absolute Gasteiger partial charge is 0.244 e. The van der Waals surface area contributed by atoms with E-state index >= 15 is 0 Å². The van der Waals surface area contributed by atoms with Crippen molar-refractivity contribution in [2.45, 2.75) is 6.54 Å². The molecule has 16 heavy (non-hydrogen) atoms. The van der Waals surface area contributed by atoms with Gasteiger partial charge in [0.1, 0.15) is 0 Å². The summed E-state index contributed by atoms with van der Waals surface area (Å²) in [5, 5.41) is 4.79. The van der Waals surface area contributed by atoms with Gasteiger partial charge < -0.3 is 10.3 Å². The zero-order valence-corrected chi connectivity index (χ0v) is 9.46. The van der Waals surface area contributed by atoms with Gasteiger partial charge in [-0.05, 0) is 29.2 Å². The van der Waals surface area contributed by atoms with Crippen molar-refractivity contribution < 1.29 is 4.79 Å². The van der Waals surface area contributed by atoms with E-state index in [0.29, 0.717) is 6.54 Å². The van der Waals surface area contributed by atoms with E-state index in [-0.39, 0.29) is 5.91 Å². The predicted molar refractivity (Wildman–Crippen MR) is 66.0 cm³/mol. The molecular formula is C12H12N2OS. The Morgan fingerprint density at radius 3 is 3.12 bits per heavy atom. The Hall–Kier alpha value is -1.81. The molecule has 0 aliphatic rings. The Kier molecular flexibility index (Phi) is 3.56. The van der Waals surface area contributed by atoms with Gasteiger partial charge in [0.15, 0.2) is 0 Å². The number of amides is 1. The molecular weight excluding hydrogens is 220 g/mol. The number of carbonyl (C=O) groups is 1. The number of carbonyl (C=O) groups excluding carboxylic acids is 1. The Morgan fingerprint density at radius 2 is 2.44 bits per heavy atom. The highest BCUT2D eigenvalue weighted by molar-refractivity contribution is 7.10. The van der Waals surface area contributed by atoms with Crippen LogP contribution >= 0.6 is 11.3 Å². The first-order valence-corrected chi connectivity index (χ1v) is 5.83. The van der Waals surface area contributed by atoms with Crippen LogP contribution in [0.25, 0.3) is 6.08 Å². The first kappa shape index (κ1) is 10.7. The molecule has 2 rings (SSSR count). The predicted octanol–water partition coefficient (Wildman–Crippen LogP) is 2.41. The van der Waals surface area contributed by atoms with E-state index in [1.807, 2.05) is 42.0 Å². The van der Waals surface area contributed by atoms with Crippen LogP contribution in [0.2, 0.25) is 0 Å². The minimum absolute atomic E-state index is 0.0744. The van der Waals surface area contributed by atoms with Gasteiger partial charge in [-0.15, -0.1) is 11.3 Å². The summed E-state index contributed by atoms with van der Waals surface area (Å²) in [6.45, 7) is 0.553. The second-order valence-corrected chi connectivity index (χ2v) is 4.27. The number of rotatable bonds is 4. The number of nitrogens with one attached hydrogen (secondary N) is 2.